The van der Waals surface area contributed by atoms with Crippen molar-refractivity contribution in [2.45, 2.75) is 0 Å². The highest BCUT2D eigenvalue weighted by Gasteiger charge is 2.10. The minimum Gasteiger partial charge on any atom is -0.351 e. The van der Waals surface area contributed by atoms with E-state index >= 15 is 0 Å². The topological polar surface area (TPSA) is 102 Å². The molecule has 0 saturated heterocycles. The molecule has 0 atom stereocenters. The highest BCUT2D eigenvalue weighted by atomic mass is 32.2. The van der Waals surface area contributed by atoms with E-state index in [9.17, 15) is 13.2 Å². The molecule has 1 rings (SSSR count). The molecule has 0 bridgehead atoms. The molecule has 0 unspecified atom stereocenters. The highest BCUT2D eigenvalue weighted by molar-refractivity contribution is 7.90. The molecule has 19 heavy (non-hydrogen) atoms. The number of nitrogens with one attached hydrogen (secondary N) is 1. The summed E-state index contributed by atoms with van der Waals surface area (Å²) in [5.74, 6) is 4.90. The molecule has 1 amide bonds. The molecule has 0 aromatic carbocycles. The maximum absolute atomic E-state index is 11.9. The van der Waals surface area contributed by atoms with E-state index in [4.69, 9.17) is 5.73 Å². The van der Waals surface area contributed by atoms with Crippen LogP contribution in [0.15, 0.2) is 18.5 Å². The first-order valence-electron chi connectivity index (χ1n) is 5.53. The van der Waals surface area contributed by atoms with Crippen LogP contribution in [0.3, 0.4) is 0 Å². The molecule has 1 aromatic heterocycles. The van der Waals surface area contributed by atoms with E-state index in [2.05, 4.69) is 22.1 Å². The van der Waals surface area contributed by atoms with Gasteiger partial charge in [0.1, 0.15) is 9.84 Å². The van der Waals surface area contributed by atoms with Gasteiger partial charge in [-0.15, -0.1) is 0 Å². The molecule has 1 aromatic rings. The molecule has 0 spiro atoms. The Labute approximate surface area is 112 Å². The van der Waals surface area contributed by atoms with Gasteiger partial charge >= 0.3 is 0 Å². The summed E-state index contributed by atoms with van der Waals surface area (Å²) in [4.78, 5) is 15.8. The smallest absolute Gasteiger partial charge is 0.252 e. The van der Waals surface area contributed by atoms with Gasteiger partial charge in [0, 0.05) is 25.2 Å². The highest BCUT2D eigenvalue weighted by Crippen LogP contribution is 2.05. The monoisotopic (exact) mass is 281 g/mol. The van der Waals surface area contributed by atoms with Gasteiger partial charge in [0.2, 0.25) is 0 Å². The number of sulfone groups is 1. The van der Waals surface area contributed by atoms with Gasteiger partial charge in [0.15, 0.2) is 0 Å². The third-order valence-electron chi connectivity index (χ3n) is 2.15. The standard InChI is InChI=1S/C12H15N3O3S/c1-19(17,18)8-7-15-12(16)11-4-6-14-9-10(11)3-2-5-13/h4,6,9H,5,7-8,13H2,1H3,(H,15,16). The van der Waals surface area contributed by atoms with Crippen LogP contribution in [0.2, 0.25) is 0 Å². The number of carbonyl (C=O) groups excluding carboxylic acids is 1. The van der Waals surface area contributed by atoms with Gasteiger partial charge in [-0.25, -0.2) is 8.42 Å². The lowest BCUT2D eigenvalue weighted by atomic mass is 10.1. The van der Waals surface area contributed by atoms with E-state index in [1.165, 1.54) is 18.5 Å². The van der Waals surface area contributed by atoms with E-state index in [1.54, 1.807) is 0 Å². The average Bonchev–Trinajstić information content (AvgIpc) is 2.35. The average molecular weight is 281 g/mol. The third kappa shape index (κ3) is 5.50. The molecule has 0 fully saturated rings. The summed E-state index contributed by atoms with van der Waals surface area (Å²) in [6.45, 7) is 0.244. The molecule has 0 aliphatic carbocycles. The van der Waals surface area contributed by atoms with Crippen molar-refractivity contribution in [3.8, 4) is 11.8 Å². The Morgan fingerprint density at radius 3 is 2.89 bits per heavy atom. The van der Waals surface area contributed by atoms with Gasteiger partial charge in [-0.2, -0.15) is 0 Å². The molecule has 3 N–H and O–H groups in total. The lowest BCUT2D eigenvalue weighted by Crippen LogP contribution is -2.29. The summed E-state index contributed by atoms with van der Waals surface area (Å²) in [7, 11) is -3.10. The van der Waals surface area contributed by atoms with Crippen molar-refractivity contribution in [3.63, 3.8) is 0 Å². The second kappa shape index (κ2) is 6.87. The van der Waals surface area contributed by atoms with Gasteiger partial charge in [-0.1, -0.05) is 11.8 Å². The molecule has 0 aliphatic rings. The Bertz CT molecular complexity index is 615. The number of rotatable bonds is 4. The zero-order valence-electron chi connectivity index (χ0n) is 10.5. The quantitative estimate of drug-likeness (QED) is 0.701. The number of nitrogens with zero attached hydrogens (tertiary/aromatic N) is 1. The lowest BCUT2D eigenvalue weighted by Gasteiger charge is -2.05. The van der Waals surface area contributed by atoms with Crippen LogP contribution in [-0.2, 0) is 9.84 Å². The van der Waals surface area contributed by atoms with Crippen molar-refractivity contribution in [3.05, 3.63) is 29.6 Å². The Morgan fingerprint density at radius 1 is 1.53 bits per heavy atom. The predicted octanol–water partition coefficient (Wildman–Crippen LogP) is -0.834. The Morgan fingerprint density at radius 2 is 2.26 bits per heavy atom. The number of nitrogens with two attached hydrogens (primary N) is 1. The van der Waals surface area contributed by atoms with Gasteiger partial charge in [0.05, 0.1) is 23.4 Å². The Balaban J connectivity index is 2.77. The zero-order chi connectivity index (χ0) is 14.3. The van der Waals surface area contributed by atoms with Crippen molar-refractivity contribution in [1.29, 1.82) is 0 Å². The predicted molar refractivity (Wildman–Crippen MR) is 72.2 cm³/mol. The summed E-state index contributed by atoms with van der Waals surface area (Å²) < 4.78 is 21.9. The molecule has 0 aliphatic heterocycles. The van der Waals surface area contributed by atoms with Crippen LogP contribution in [-0.4, -0.2) is 44.4 Å². The van der Waals surface area contributed by atoms with Crippen LogP contribution in [0.1, 0.15) is 15.9 Å². The first-order valence-corrected chi connectivity index (χ1v) is 7.59. The van der Waals surface area contributed by atoms with Crippen LogP contribution in [0.25, 0.3) is 0 Å². The van der Waals surface area contributed by atoms with Crippen molar-refractivity contribution in [1.82, 2.24) is 10.3 Å². The summed E-state index contributed by atoms with van der Waals surface area (Å²) in [5, 5.41) is 2.53. The summed E-state index contributed by atoms with van der Waals surface area (Å²) in [5.41, 5.74) is 6.08. The lowest BCUT2D eigenvalue weighted by molar-refractivity contribution is 0.0956. The fraction of sp³-hybridized carbons (Fsp3) is 0.333. The van der Waals surface area contributed by atoms with Gasteiger partial charge in [-0.05, 0) is 6.07 Å². The summed E-state index contributed by atoms with van der Waals surface area (Å²) >= 11 is 0. The van der Waals surface area contributed by atoms with E-state index in [0.29, 0.717) is 11.1 Å². The van der Waals surface area contributed by atoms with Crippen LogP contribution >= 0.6 is 0 Å². The fourth-order valence-corrected chi connectivity index (χ4v) is 1.76. The first-order chi connectivity index (χ1) is 8.94. The largest absolute Gasteiger partial charge is 0.351 e. The molecule has 102 valence electrons. The van der Waals surface area contributed by atoms with E-state index in [1.807, 2.05) is 0 Å². The van der Waals surface area contributed by atoms with Crippen LogP contribution in [0.5, 0.6) is 0 Å². The van der Waals surface area contributed by atoms with Crippen molar-refractivity contribution < 1.29 is 13.2 Å². The Kier molecular flexibility index (Phi) is 5.48. The zero-order valence-corrected chi connectivity index (χ0v) is 11.3. The fourth-order valence-electron chi connectivity index (χ4n) is 1.28. The first kappa shape index (κ1) is 15.1. The number of aromatic nitrogens is 1. The minimum atomic E-state index is -3.10. The van der Waals surface area contributed by atoms with Gasteiger partial charge in [-0.3, -0.25) is 9.78 Å². The number of amides is 1. The molecule has 1 heterocycles. The molecule has 0 saturated carbocycles. The van der Waals surface area contributed by atoms with Gasteiger partial charge in [0.25, 0.3) is 5.91 Å². The van der Waals surface area contributed by atoms with E-state index in [-0.39, 0.29) is 24.7 Å². The number of pyridine rings is 1. The second-order valence-corrected chi connectivity index (χ2v) is 6.07. The number of carbonyl (C=O) groups is 1. The van der Waals surface area contributed by atoms with E-state index < -0.39 is 9.84 Å². The molecule has 0 radical (unpaired) electrons. The maximum atomic E-state index is 11.9. The second-order valence-electron chi connectivity index (χ2n) is 3.81. The van der Waals surface area contributed by atoms with Crippen LogP contribution in [0, 0.1) is 11.8 Å². The van der Waals surface area contributed by atoms with Gasteiger partial charge < -0.3 is 11.1 Å². The van der Waals surface area contributed by atoms with Crippen LogP contribution in [0.4, 0.5) is 0 Å². The minimum absolute atomic E-state index is 0.0593. The number of hydrogen-bond acceptors (Lipinski definition) is 5. The molecule has 6 nitrogen and oxygen atoms in total. The molecule has 7 heteroatoms. The SMILES string of the molecule is CS(=O)(=O)CCNC(=O)c1ccncc1C#CCN. The Hall–Kier alpha value is -1.91. The molecular formula is C12H15N3O3S. The normalized spacial score (nSPS) is 10.4. The summed E-state index contributed by atoms with van der Waals surface area (Å²) in [6, 6.07) is 1.52. The van der Waals surface area contributed by atoms with Crippen molar-refractivity contribution in [2.24, 2.45) is 5.73 Å². The number of hydrogen-bond donors (Lipinski definition) is 2. The third-order valence-corrected chi connectivity index (χ3v) is 3.09. The molecular weight excluding hydrogens is 266 g/mol. The maximum Gasteiger partial charge on any atom is 0.252 e. The van der Waals surface area contributed by atoms with Crippen LogP contribution < -0.4 is 11.1 Å². The van der Waals surface area contributed by atoms with E-state index in [0.717, 1.165) is 6.26 Å². The van der Waals surface area contributed by atoms with Crippen molar-refractivity contribution in [2.75, 3.05) is 25.1 Å². The summed E-state index contributed by atoms with van der Waals surface area (Å²) in [6.07, 6.45) is 4.05. The van der Waals surface area contributed by atoms with Crippen molar-refractivity contribution >= 4 is 15.7 Å².